The molecule has 6 rings (SSSR count). The van der Waals surface area contributed by atoms with Crippen LogP contribution < -0.4 is 0 Å². The van der Waals surface area contributed by atoms with Gasteiger partial charge in [0.2, 0.25) is 0 Å². The van der Waals surface area contributed by atoms with Crippen molar-refractivity contribution in [3.8, 4) is 6.07 Å². The molecule has 0 amide bonds. The van der Waals surface area contributed by atoms with E-state index in [1.807, 2.05) is 27.7 Å². The molecule has 4 saturated carbocycles. The SMILES string of the molecule is CCC(C)(C)C(=O)OC1C2CC3C1OC(=O)C3(C#N)C2.CCC(C)(C)C(=O)OC1C2CC3C1OC(=O)C3(C(=O)OC(C)C(F)(F)F)C2. The lowest BCUT2D eigenvalue weighted by Crippen LogP contribution is -2.48. The molecule has 6 aliphatic rings. The topological polar surface area (TPSA) is 155 Å². The highest BCUT2D eigenvalue weighted by molar-refractivity contribution is 6.03. The molecule has 2 aliphatic heterocycles. The Kier molecular flexibility index (Phi) is 8.45. The van der Waals surface area contributed by atoms with Crippen LogP contribution in [0.3, 0.4) is 0 Å². The fourth-order valence-electron chi connectivity index (χ4n) is 7.91. The maximum atomic E-state index is 12.7. The van der Waals surface area contributed by atoms with Gasteiger partial charge in [0, 0.05) is 23.7 Å². The highest BCUT2D eigenvalue weighted by Crippen LogP contribution is 2.64. The van der Waals surface area contributed by atoms with Crippen LogP contribution >= 0.6 is 0 Å². The molecule has 0 radical (unpaired) electrons. The second kappa shape index (κ2) is 11.4. The van der Waals surface area contributed by atoms with E-state index in [-0.39, 0.29) is 36.2 Å². The van der Waals surface area contributed by atoms with Gasteiger partial charge in [-0.05, 0) is 73.1 Å². The largest absolute Gasteiger partial charge is 0.458 e. The third-order valence-corrected chi connectivity index (χ3v) is 11.8. The first-order valence-corrected chi connectivity index (χ1v) is 16.2. The van der Waals surface area contributed by atoms with E-state index in [2.05, 4.69) is 10.8 Å². The molecule has 14 heteroatoms. The van der Waals surface area contributed by atoms with E-state index >= 15 is 0 Å². The number of ether oxygens (including phenoxy) is 5. The number of nitriles is 1. The van der Waals surface area contributed by atoms with Gasteiger partial charge in [0.1, 0.15) is 24.4 Å². The van der Waals surface area contributed by atoms with Crippen LogP contribution in [0, 0.1) is 56.7 Å². The molecule has 2 saturated heterocycles. The summed E-state index contributed by atoms with van der Waals surface area (Å²) < 4.78 is 64.6. The van der Waals surface area contributed by atoms with Crippen molar-refractivity contribution >= 4 is 29.8 Å². The first-order valence-electron chi connectivity index (χ1n) is 16.2. The van der Waals surface area contributed by atoms with E-state index < -0.39 is 82.0 Å². The molecular formula is C33H42F3NO10. The molecule has 0 aromatic carbocycles. The van der Waals surface area contributed by atoms with E-state index in [0.717, 1.165) is 13.3 Å². The maximum Gasteiger partial charge on any atom is 0.425 e. The first kappa shape index (κ1) is 35.0. The molecule has 11 atom stereocenters. The average Bonchev–Trinajstić information content (AvgIpc) is 3.80. The minimum absolute atomic E-state index is 0.0269. The van der Waals surface area contributed by atoms with Gasteiger partial charge in [-0.15, -0.1) is 0 Å². The van der Waals surface area contributed by atoms with Crippen LogP contribution in [0.25, 0.3) is 0 Å². The summed E-state index contributed by atoms with van der Waals surface area (Å²) in [5, 5.41) is 9.31. The second-order valence-electron chi connectivity index (χ2n) is 15.2. The zero-order valence-corrected chi connectivity index (χ0v) is 27.6. The quantitative estimate of drug-likeness (QED) is 0.202. The van der Waals surface area contributed by atoms with Gasteiger partial charge < -0.3 is 23.7 Å². The van der Waals surface area contributed by atoms with Crippen LogP contribution in [-0.4, -0.2) is 66.5 Å². The van der Waals surface area contributed by atoms with Gasteiger partial charge in [0.05, 0.1) is 16.9 Å². The van der Waals surface area contributed by atoms with Crippen molar-refractivity contribution in [3.05, 3.63) is 0 Å². The Morgan fingerprint density at radius 1 is 0.872 bits per heavy atom. The molecule has 0 aromatic heterocycles. The fraction of sp³-hybridized carbons (Fsp3) is 0.818. The van der Waals surface area contributed by atoms with Crippen LogP contribution in [0.1, 0.15) is 87.0 Å². The van der Waals surface area contributed by atoms with E-state index in [9.17, 15) is 42.4 Å². The fourth-order valence-corrected chi connectivity index (χ4v) is 7.91. The van der Waals surface area contributed by atoms with Crippen molar-refractivity contribution in [3.63, 3.8) is 0 Å². The van der Waals surface area contributed by atoms with Crippen LogP contribution in [0.2, 0.25) is 0 Å². The Labute approximate surface area is 271 Å². The number of hydrogen-bond donors (Lipinski definition) is 0. The number of alkyl halides is 3. The summed E-state index contributed by atoms with van der Waals surface area (Å²) in [6.07, 6.45) is -6.51. The Morgan fingerprint density at radius 3 is 1.83 bits per heavy atom. The van der Waals surface area contributed by atoms with E-state index in [0.29, 0.717) is 25.7 Å². The van der Waals surface area contributed by atoms with Crippen molar-refractivity contribution in [2.24, 2.45) is 45.3 Å². The van der Waals surface area contributed by atoms with Crippen molar-refractivity contribution < 1.29 is 60.8 Å². The minimum atomic E-state index is -4.71. The molecule has 260 valence electrons. The van der Waals surface area contributed by atoms with Crippen molar-refractivity contribution in [2.75, 3.05) is 0 Å². The number of nitrogens with zero attached hydrogens (tertiary/aromatic N) is 1. The molecular weight excluding hydrogens is 627 g/mol. The average molecular weight is 670 g/mol. The third-order valence-electron chi connectivity index (χ3n) is 11.8. The summed E-state index contributed by atoms with van der Waals surface area (Å²) in [5.41, 5.74) is -3.93. The predicted octanol–water partition coefficient (Wildman–Crippen LogP) is 4.59. The molecule has 6 fully saturated rings. The number of hydrogen-bond acceptors (Lipinski definition) is 11. The minimum Gasteiger partial charge on any atom is -0.458 e. The van der Waals surface area contributed by atoms with Gasteiger partial charge in [-0.3, -0.25) is 24.0 Å². The van der Waals surface area contributed by atoms with Gasteiger partial charge in [-0.2, -0.15) is 18.4 Å². The summed E-state index contributed by atoms with van der Waals surface area (Å²) in [6, 6.07) is 2.15. The number of esters is 5. The van der Waals surface area contributed by atoms with E-state index in [4.69, 9.17) is 18.9 Å². The normalized spacial score (nSPS) is 38.1. The zero-order valence-electron chi connectivity index (χ0n) is 27.6. The van der Waals surface area contributed by atoms with Gasteiger partial charge >= 0.3 is 36.0 Å². The van der Waals surface area contributed by atoms with Crippen molar-refractivity contribution in [1.82, 2.24) is 0 Å². The van der Waals surface area contributed by atoms with E-state index in [1.54, 1.807) is 13.8 Å². The van der Waals surface area contributed by atoms with Crippen LogP contribution in [-0.2, 0) is 47.7 Å². The van der Waals surface area contributed by atoms with Crippen LogP contribution in [0.15, 0.2) is 0 Å². The molecule has 4 aliphatic carbocycles. The van der Waals surface area contributed by atoms with Gasteiger partial charge in [-0.25, -0.2) is 0 Å². The summed E-state index contributed by atoms with van der Waals surface area (Å²) in [5.74, 6) is -4.17. The molecule has 4 bridgehead atoms. The smallest absolute Gasteiger partial charge is 0.425 e. The molecule has 0 N–H and O–H groups in total. The Hall–Kier alpha value is -3.37. The lowest BCUT2D eigenvalue weighted by Gasteiger charge is -2.33. The summed E-state index contributed by atoms with van der Waals surface area (Å²) in [4.78, 5) is 61.4. The summed E-state index contributed by atoms with van der Waals surface area (Å²) in [6.45, 7) is 11.7. The summed E-state index contributed by atoms with van der Waals surface area (Å²) >= 11 is 0. The summed E-state index contributed by atoms with van der Waals surface area (Å²) in [7, 11) is 0. The predicted molar refractivity (Wildman–Crippen MR) is 152 cm³/mol. The lowest BCUT2D eigenvalue weighted by atomic mass is 9.73. The van der Waals surface area contributed by atoms with Crippen LogP contribution in [0.5, 0.6) is 0 Å². The van der Waals surface area contributed by atoms with Gasteiger partial charge in [0.15, 0.2) is 16.9 Å². The van der Waals surface area contributed by atoms with Crippen molar-refractivity contribution in [1.29, 1.82) is 5.26 Å². The molecule has 47 heavy (non-hydrogen) atoms. The van der Waals surface area contributed by atoms with Crippen molar-refractivity contribution in [2.45, 2.75) is 124 Å². The molecule has 0 aromatic rings. The Morgan fingerprint density at radius 2 is 1.34 bits per heavy atom. The number of halogens is 3. The monoisotopic (exact) mass is 669 g/mol. The van der Waals surface area contributed by atoms with E-state index in [1.165, 1.54) is 0 Å². The zero-order chi connectivity index (χ0) is 35.1. The Bertz CT molecular complexity index is 1400. The number of carbonyl (C=O) groups is 5. The molecule has 0 spiro atoms. The highest BCUT2D eigenvalue weighted by atomic mass is 19.4. The van der Waals surface area contributed by atoms with Gasteiger partial charge in [0.25, 0.3) is 0 Å². The maximum absolute atomic E-state index is 12.7. The second-order valence-corrected chi connectivity index (χ2v) is 15.2. The van der Waals surface area contributed by atoms with Crippen LogP contribution in [0.4, 0.5) is 13.2 Å². The third kappa shape index (κ3) is 5.26. The molecule has 2 heterocycles. The number of carbonyl (C=O) groups excluding carboxylic acids is 5. The van der Waals surface area contributed by atoms with Gasteiger partial charge in [-0.1, -0.05) is 13.8 Å². The standard InChI is InChI=1S/C18H23F3O6.C15H19NO4/c1-5-16(3,4)13(22)26-11-9-6-10-12(11)27-15(24)17(10,7-9)14(23)25-8(2)18(19,20)21;1-4-14(2,3)12(17)19-10-8-5-9-11(10)20-13(18)15(9,6-8)7-16/h8-12H,5-7H2,1-4H3;8-11H,4-6H2,1-3H3. The molecule has 11 unspecified atom stereocenters. The Balaban J connectivity index is 0.000000193. The lowest BCUT2D eigenvalue weighted by molar-refractivity contribution is -0.222. The molecule has 11 nitrogen and oxygen atoms in total. The number of rotatable bonds is 8. The first-order chi connectivity index (χ1) is 21.7. The highest BCUT2D eigenvalue weighted by Gasteiger charge is 2.76. The number of fused-ring (bicyclic) bond motifs is 2.